The molecule has 2 heterocycles. The van der Waals surface area contributed by atoms with Crippen LogP contribution in [0.2, 0.25) is 5.02 Å². The predicted octanol–water partition coefficient (Wildman–Crippen LogP) is 3.88. The Labute approximate surface area is 190 Å². The number of hydrogen-bond acceptors (Lipinski definition) is 4. The fourth-order valence-electron chi connectivity index (χ4n) is 3.27. The van der Waals surface area contributed by atoms with E-state index >= 15 is 0 Å². The molecule has 4 rings (SSSR count). The highest BCUT2D eigenvalue weighted by molar-refractivity contribution is 7.92. The van der Waals surface area contributed by atoms with E-state index in [0.29, 0.717) is 23.7 Å². The van der Waals surface area contributed by atoms with Gasteiger partial charge in [0.05, 0.1) is 11.0 Å². The molecule has 8 nitrogen and oxygen atoms in total. The molecule has 0 fully saturated rings. The van der Waals surface area contributed by atoms with E-state index in [2.05, 4.69) is 25.0 Å². The van der Waals surface area contributed by atoms with Crippen LogP contribution >= 0.6 is 11.6 Å². The van der Waals surface area contributed by atoms with Crippen molar-refractivity contribution in [3.63, 3.8) is 0 Å². The van der Waals surface area contributed by atoms with Gasteiger partial charge in [0.25, 0.3) is 15.9 Å². The number of aromatic amines is 2. The summed E-state index contributed by atoms with van der Waals surface area (Å²) in [6.45, 7) is 2.32. The molecule has 0 atom stereocenters. The summed E-state index contributed by atoms with van der Waals surface area (Å²) in [7, 11) is -3.82. The molecule has 0 saturated carbocycles. The molecule has 0 aliphatic heterocycles. The van der Waals surface area contributed by atoms with E-state index in [9.17, 15) is 13.2 Å². The number of rotatable bonds is 8. The van der Waals surface area contributed by atoms with E-state index in [-0.39, 0.29) is 10.6 Å². The van der Waals surface area contributed by atoms with Crippen LogP contribution in [-0.4, -0.2) is 35.8 Å². The molecule has 0 aliphatic rings. The maximum atomic E-state index is 12.7. The Balaban J connectivity index is 1.37. The smallest absolute Gasteiger partial charge is 0.267 e. The van der Waals surface area contributed by atoms with Crippen molar-refractivity contribution in [2.45, 2.75) is 24.7 Å². The van der Waals surface area contributed by atoms with Crippen LogP contribution in [0.1, 0.15) is 28.8 Å². The normalized spacial score (nSPS) is 11.6. The Morgan fingerprint density at radius 1 is 1.16 bits per heavy atom. The third-order valence-electron chi connectivity index (χ3n) is 4.94. The Hall–Kier alpha value is -3.30. The number of nitrogens with zero attached hydrogens (tertiary/aromatic N) is 1. The van der Waals surface area contributed by atoms with Crippen LogP contribution in [0, 0.1) is 0 Å². The van der Waals surface area contributed by atoms with Crippen molar-refractivity contribution < 1.29 is 13.2 Å². The first kappa shape index (κ1) is 21.9. The van der Waals surface area contributed by atoms with Crippen molar-refractivity contribution in [2.75, 3.05) is 11.3 Å². The fraction of sp³-hybridized carbons (Fsp3) is 0.182. The number of amides is 1. The average molecular weight is 472 g/mol. The lowest BCUT2D eigenvalue weighted by Gasteiger charge is -2.07. The largest absolute Gasteiger partial charge is 0.356 e. The van der Waals surface area contributed by atoms with Crippen molar-refractivity contribution in [1.82, 2.24) is 20.3 Å². The molecule has 166 valence electrons. The lowest BCUT2D eigenvalue weighted by molar-refractivity contribution is 0.0949. The zero-order chi connectivity index (χ0) is 22.7. The lowest BCUT2D eigenvalue weighted by Crippen LogP contribution is -2.26. The maximum Gasteiger partial charge on any atom is 0.267 e. The van der Waals surface area contributed by atoms with Gasteiger partial charge in [0.15, 0.2) is 0 Å². The van der Waals surface area contributed by atoms with Gasteiger partial charge in [-0.25, -0.2) is 13.4 Å². The fourth-order valence-corrected chi connectivity index (χ4v) is 4.49. The highest BCUT2D eigenvalue weighted by Gasteiger charge is 2.19. The Morgan fingerprint density at radius 2 is 2.00 bits per heavy atom. The number of anilines is 1. The van der Waals surface area contributed by atoms with Crippen LogP contribution in [0.3, 0.4) is 0 Å². The first-order valence-corrected chi connectivity index (χ1v) is 11.9. The van der Waals surface area contributed by atoms with Gasteiger partial charge in [-0.05, 0) is 48.4 Å². The standard InChI is InChI=1S/C22H22ClN5O3S/c1-2-14-4-3-5-16(10-14)28-32(30,31)17-12-20(25-13-17)22(29)24-9-8-21-26-18-7-6-15(23)11-19(18)27-21/h3-7,10-13,25,28H,2,8-9H2,1H3,(H,24,29)(H,26,27). The van der Waals surface area contributed by atoms with Crippen LogP contribution in [0.25, 0.3) is 11.0 Å². The zero-order valence-corrected chi connectivity index (χ0v) is 18.8. The molecule has 4 N–H and O–H groups in total. The van der Waals surface area contributed by atoms with E-state index in [1.165, 1.54) is 12.3 Å². The highest BCUT2D eigenvalue weighted by atomic mass is 35.5. The highest BCUT2D eigenvalue weighted by Crippen LogP contribution is 2.19. The molecular formula is C22H22ClN5O3S. The number of halogens is 1. The second-order valence-electron chi connectivity index (χ2n) is 7.26. The van der Waals surface area contributed by atoms with Gasteiger partial charge in [-0.2, -0.15) is 0 Å². The van der Waals surface area contributed by atoms with Crippen LogP contribution < -0.4 is 10.0 Å². The second kappa shape index (κ2) is 9.05. The summed E-state index contributed by atoms with van der Waals surface area (Å²) in [5.74, 6) is 0.314. The van der Waals surface area contributed by atoms with E-state index in [1.807, 2.05) is 19.1 Å². The number of imidazole rings is 1. The van der Waals surface area contributed by atoms with Gasteiger partial charge in [-0.3, -0.25) is 9.52 Å². The first-order valence-electron chi connectivity index (χ1n) is 10.1. The number of hydrogen-bond donors (Lipinski definition) is 4. The van der Waals surface area contributed by atoms with Gasteiger partial charge in [0.1, 0.15) is 16.4 Å². The van der Waals surface area contributed by atoms with E-state index in [1.54, 1.807) is 30.3 Å². The third kappa shape index (κ3) is 4.95. The van der Waals surface area contributed by atoms with Crippen molar-refractivity contribution in [2.24, 2.45) is 0 Å². The van der Waals surface area contributed by atoms with E-state index in [0.717, 1.165) is 28.8 Å². The summed E-state index contributed by atoms with van der Waals surface area (Å²) in [5, 5.41) is 3.38. The number of nitrogens with one attached hydrogen (secondary N) is 4. The molecule has 0 bridgehead atoms. The number of carbonyl (C=O) groups is 1. The summed E-state index contributed by atoms with van der Waals surface area (Å²) in [4.78, 5) is 22.8. The summed E-state index contributed by atoms with van der Waals surface area (Å²) in [5.41, 5.74) is 3.28. The van der Waals surface area contributed by atoms with E-state index in [4.69, 9.17) is 11.6 Å². The molecule has 2 aromatic carbocycles. The van der Waals surface area contributed by atoms with Gasteiger partial charge >= 0.3 is 0 Å². The second-order valence-corrected chi connectivity index (χ2v) is 9.38. The lowest BCUT2D eigenvalue weighted by atomic mass is 10.1. The van der Waals surface area contributed by atoms with Crippen LogP contribution in [-0.2, 0) is 22.9 Å². The monoisotopic (exact) mass is 471 g/mol. The molecule has 0 spiro atoms. The van der Waals surface area contributed by atoms with Crippen molar-refractivity contribution >= 4 is 44.3 Å². The SMILES string of the molecule is CCc1cccc(NS(=O)(=O)c2c[nH]c(C(=O)NCCc3nc4ccc(Cl)cc4[nH]3)c2)c1. The number of H-pyrrole nitrogens is 2. The van der Waals surface area contributed by atoms with Gasteiger partial charge < -0.3 is 15.3 Å². The molecule has 1 amide bonds. The topological polar surface area (TPSA) is 120 Å². The van der Waals surface area contributed by atoms with Gasteiger partial charge in [0.2, 0.25) is 0 Å². The third-order valence-corrected chi connectivity index (χ3v) is 6.54. The molecule has 0 unspecified atom stereocenters. The number of carbonyl (C=O) groups excluding carboxylic acids is 1. The summed E-state index contributed by atoms with van der Waals surface area (Å²) < 4.78 is 27.9. The van der Waals surface area contributed by atoms with Gasteiger partial charge in [-0.15, -0.1) is 0 Å². The van der Waals surface area contributed by atoms with Crippen LogP contribution in [0.4, 0.5) is 5.69 Å². The van der Waals surface area contributed by atoms with Crippen LogP contribution in [0.5, 0.6) is 0 Å². The molecule has 2 aromatic heterocycles. The molecule has 10 heteroatoms. The molecule has 4 aromatic rings. The Morgan fingerprint density at radius 3 is 2.81 bits per heavy atom. The number of fused-ring (bicyclic) bond motifs is 1. The molecule has 32 heavy (non-hydrogen) atoms. The molecule has 0 radical (unpaired) electrons. The minimum absolute atomic E-state index is 0.0151. The minimum atomic E-state index is -3.82. The first-order chi connectivity index (χ1) is 15.3. The van der Waals surface area contributed by atoms with Crippen molar-refractivity contribution in [1.29, 1.82) is 0 Å². The average Bonchev–Trinajstić information content (AvgIpc) is 3.41. The summed E-state index contributed by atoms with van der Waals surface area (Å²) >= 11 is 5.98. The summed E-state index contributed by atoms with van der Waals surface area (Å²) in [6.07, 6.45) is 2.58. The molecule has 0 saturated heterocycles. The van der Waals surface area contributed by atoms with Crippen molar-refractivity contribution in [3.8, 4) is 0 Å². The maximum absolute atomic E-state index is 12.7. The number of benzene rings is 2. The quantitative estimate of drug-likeness (QED) is 0.311. The Bertz CT molecular complexity index is 1380. The Kier molecular flexibility index (Phi) is 6.20. The molecular weight excluding hydrogens is 450 g/mol. The number of aryl methyl sites for hydroxylation is 1. The number of aromatic nitrogens is 3. The molecule has 0 aliphatic carbocycles. The van der Waals surface area contributed by atoms with Gasteiger partial charge in [-0.1, -0.05) is 30.7 Å². The zero-order valence-electron chi connectivity index (χ0n) is 17.3. The van der Waals surface area contributed by atoms with Crippen molar-refractivity contribution in [3.05, 3.63) is 76.8 Å². The predicted molar refractivity (Wildman–Crippen MR) is 125 cm³/mol. The minimum Gasteiger partial charge on any atom is -0.356 e. The number of sulfonamides is 1. The van der Waals surface area contributed by atoms with Crippen LogP contribution in [0.15, 0.2) is 59.6 Å². The van der Waals surface area contributed by atoms with Gasteiger partial charge in [0, 0.05) is 29.9 Å². The summed E-state index contributed by atoms with van der Waals surface area (Å²) in [6, 6.07) is 13.9. The van der Waals surface area contributed by atoms with E-state index < -0.39 is 15.9 Å².